The summed E-state index contributed by atoms with van der Waals surface area (Å²) < 4.78 is 5.27. The fourth-order valence-electron chi connectivity index (χ4n) is 1.92. The number of hydrogen-bond acceptors (Lipinski definition) is 3. The Balaban J connectivity index is 2.31. The number of aromatic carboxylic acids is 1. The van der Waals surface area contributed by atoms with E-state index in [1.807, 2.05) is 26.0 Å². The van der Waals surface area contributed by atoms with E-state index in [1.165, 1.54) is 12.1 Å². The van der Waals surface area contributed by atoms with Crippen LogP contribution in [0, 0.1) is 13.8 Å². The third kappa shape index (κ3) is 2.85. The molecule has 0 amide bonds. The molecule has 2 aromatic carbocycles. The first-order valence-corrected chi connectivity index (χ1v) is 6.11. The van der Waals surface area contributed by atoms with Crippen LogP contribution in [0.25, 0.3) is 0 Å². The van der Waals surface area contributed by atoms with E-state index in [4.69, 9.17) is 9.84 Å². The number of carboxylic acids is 1. The molecule has 4 nitrogen and oxygen atoms in total. The van der Waals surface area contributed by atoms with Crippen LogP contribution in [-0.4, -0.2) is 17.0 Å². The van der Waals surface area contributed by atoms with Crippen molar-refractivity contribution in [2.45, 2.75) is 13.8 Å². The van der Waals surface area contributed by atoms with Crippen molar-refractivity contribution in [3.8, 4) is 5.75 Å². The Hall–Kier alpha value is -2.62. The second kappa shape index (κ2) is 5.57. The summed E-state index contributed by atoms with van der Waals surface area (Å²) >= 11 is 0. The van der Waals surface area contributed by atoms with Crippen LogP contribution in [0.4, 0.5) is 0 Å². The van der Waals surface area contributed by atoms with Gasteiger partial charge in [-0.2, -0.15) is 0 Å². The zero-order chi connectivity index (χ0) is 14.7. The molecule has 1 N–H and O–H groups in total. The van der Waals surface area contributed by atoms with Crippen LogP contribution in [0.3, 0.4) is 0 Å². The number of ether oxygens (including phenoxy) is 1. The topological polar surface area (TPSA) is 63.6 Å². The van der Waals surface area contributed by atoms with Crippen molar-refractivity contribution in [3.63, 3.8) is 0 Å². The first-order valence-electron chi connectivity index (χ1n) is 6.11. The number of carboxylic acid groups (broad SMARTS) is 1. The first-order chi connectivity index (χ1) is 9.49. The summed E-state index contributed by atoms with van der Waals surface area (Å²) in [5.41, 5.74) is 1.86. The Morgan fingerprint density at radius 1 is 1.00 bits per heavy atom. The molecule has 0 aromatic heterocycles. The summed E-state index contributed by atoms with van der Waals surface area (Å²) in [7, 11) is 0. The third-order valence-electron chi connectivity index (χ3n) is 2.91. The van der Waals surface area contributed by atoms with Crippen LogP contribution in [0.2, 0.25) is 0 Å². The van der Waals surface area contributed by atoms with Gasteiger partial charge >= 0.3 is 11.9 Å². The van der Waals surface area contributed by atoms with E-state index >= 15 is 0 Å². The van der Waals surface area contributed by atoms with Gasteiger partial charge in [0.2, 0.25) is 0 Å². The molecule has 0 aliphatic heterocycles. The molecule has 0 radical (unpaired) electrons. The van der Waals surface area contributed by atoms with Crippen molar-refractivity contribution in [2.24, 2.45) is 0 Å². The molecule has 0 bridgehead atoms. The normalized spacial score (nSPS) is 10.1. The SMILES string of the molecule is Cc1ccc(OC(=O)c2ccccc2C(=O)O)c(C)c1. The van der Waals surface area contributed by atoms with Crippen molar-refractivity contribution in [1.29, 1.82) is 0 Å². The van der Waals surface area contributed by atoms with E-state index in [9.17, 15) is 9.59 Å². The number of aryl methyl sites for hydroxylation is 2. The molecule has 0 saturated heterocycles. The van der Waals surface area contributed by atoms with Gasteiger partial charge in [0.15, 0.2) is 0 Å². The molecule has 2 rings (SSSR count). The quantitative estimate of drug-likeness (QED) is 0.687. The molecule has 0 heterocycles. The van der Waals surface area contributed by atoms with Gasteiger partial charge in [0, 0.05) is 0 Å². The molecular weight excluding hydrogens is 256 g/mol. The fraction of sp³-hybridized carbons (Fsp3) is 0.125. The molecule has 0 aliphatic rings. The highest BCUT2D eigenvalue weighted by Gasteiger charge is 2.18. The fourth-order valence-corrected chi connectivity index (χ4v) is 1.92. The van der Waals surface area contributed by atoms with Crippen LogP contribution in [0.15, 0.2) is 42.5 Å². The second-order valence-corrected chi connectivity index (χ2v) is 4.51. The lowest BCUT2D eigenvalue weighted by molar-refractivity contribution is 0.0667. The van der Waals surface area contributed by atoms with E-state index < -0.39 is 11.9 Å². The molecule has 0 spiro atoms. The van der Waals surface area contributed by atoms with Gasteiger partial charge in [0.1, 0.15) is 5.75 Å². The predicted molar refractivity (Wildman–Crippen MR) is 74.3 cm³/mol. The molecule has 0 atom stereocenters. The molecule has 2 aromatic rings. The number of benzene rings is 2. The highest BCUT2D eigenvalue weighted by molar-refractivity contribution is 6.03. The number of rotatable bonds is 3. The Kier molecular flexibility index (Phi) is 3.84. The van der Waals surface area contributed by atoms with Gasteiger partial charge < -0.3 is 9.84 Å². The predicted octanol–water partition coefficient (Wildman–Crippen LogP) is 3.22. The van der Waals surface area contributed by atoms with Crippen molar-refractivity contribution < 1.29 is 19.4 Å². The van der Waals surface area contributed by atoms with E-state index in [2.05, 4.69) is 0 Å². The summed E-state index contributed by atoms with van der Waals surface area (Å²) in [6.07, 6.45) is 0. The van der Waals surface area contributed by atoms with Crippen molar-refractivity contribution >= 4 is 11.9 Å². The van der Waals surface area contributed by atoms with Crippen LogP contribution >= 0.6 is 0 Å². The number of carbonyl (C=O) groups is 2. The maximum absolute atomic E-state index is 12.1. The molecule has 20 heavy (non-hydrogen) atoms. The average Bonchev–Trinajstić information content (AvgIpc) is 2.41. The monoisotopic (exact) mass is 270 g/mol. The Bertz CT molecular complexity index is 674. The molecule has 0 saturated carbocycles. The smallest absolute Gasteiger partial charge is 0.344 e. The average molecular weight is 270 g/mol. The second-order valence-electron chi connectivity index (χ2n) is 4.51. The van der Waals surface area contributed by atoms with Crippen molar-refractivity contribution in [1.82, 2.24) is 0 Å². The standard InChI is InChI=1S/C16H14O4/c1-10-7-8-14(11(2)9-10)20-16(19)13-6-4-3-5-12(13)15(17)18/h3-9H,1-2H3,(H,17,18). The van der Waals surface area contributed by atoms with E-state index in [0.717, 1.165) is 11.1 Å². The molecule has 0 unspecified atom stereocenters. The van der Waals surface area contributed by atoms with E-state index in [0.29, 0.717) is 5.75 Å². The Morgan fingerprint density at radius 3 is 2.25 bits per heavy atom. The van der Waals surface area contributed by atoms with Crippen LogP contribution in [0.1, 0.15) is 31.8 Å². The number of hydrogen-bond donors (Lipinski definition) is 1. The molecule has 0 fully saturated rings. The van der Waals surface area contributed by atoms with Gasteiger partial charge in [-0.25, -0.2) is 9.59 Å². The van der Waals surface area contributed by atoms with Crippen LogP contribution in [0.5, 0.6) is 5.75 Å². The van der Waals surface area contributed by atoms with Crippen LogP contribution < -0.4 is 4.74 Å². The Labute approximate surface area is 116 Å². The maximum Gasteiger partial charge on any atom is 0.344 e. The summed E-state index contributed by atoms with van der Waals surface area (Å²) in [4.78, 5) is 23.2. The number of esters is 1. The van der Waals surface area contributed by atoms with Gasteiger partial charge in [-0.3, -0.25) is 0 Å². The lowest BCUT2D eigenvalue weighted by atomic mass is 10.1. The minimum Gasteiger partial charge on any atom is -0.478 e. The lowest BCUT2D eigenvalue weighted by Crippen LogP contribution is -2.14. The van der Waals surface area contributed by atoms with Crippen molar-refractivity contribution in [3.05, 3.63) is 64.7 Å². The summed E-state index contributed by atoms with van der Waals surface area (Å²) in [5, 5.41) is 9.06. The minimum atomic E-state index is -1.15. The van der Waals surface area contributed by atoms with Gasteiger partial charge in [-0.1, -0.05) is 29.8 Å². The highest BCUT2D eigenvalue weighted by atomic mass is 16.5. The van der Waals surface area contributed by atoms with Gasteiger partial charge in [0.25, 0.3) is 0 Å². The van der Waals surface area contributed by atoms with E-state index in [-0.39, 0.29) is 11.1 Å². The van der Waals surface area contributed by atoms with Gasteiger partial charge in [-0.05, 0) is 37.6 Å². The summed E-state index contributed by atoms with van der Waals surface area (Å²) in [6, 6.07) is 11.4. The zero-order valence-corrected chi connectivity index (χ0v) is 11.2. The summed E-state index contributed by atoms with van der Waals surface area (Å²) in [6.45, 7) is 3.77. The zero-order valence-electron chi connectivity index (χ0n) is 11.2. The van der Waals surface area contributed by atoms with Crippen LogP contribution in [-0.2, 0) is 0 Å². The van der Waals surface area contributed by atoms with Gasteiger partial charge in [0.05, 0.1) is 11.1 Å². The largest absolute Gasteiger partial charge is 0.478 e. The molecule has 4 heteroatoms. The van der Waals surface area contributed by atoms with Crippen molar-refractivity contribution in [2.75, 3.05) is 0 Å². The lowest BCUT2D eigenvalue weighted by Gasteiger charge is -2.09. The molecular formula is C16H14O4. The summed E-state index contributed by atoms with van der Waals surface area (Å²) in [5.74, 6) is -1.39. The van der Waals surface area contributed by atoms with E-state index in [1.54, 1.807) is 18.2 Å². The molecule has 0 aliphatic carbocycles. The Morgan fingerprint density at radius 2 is 1.65 bits per heavy atom. The number of carbonyl (C=O) groups excluding carboxylic acids is 1. The van der Waals surface area contributed by atoms with Gasteiger partial charge in [-0.15, -0.1) is 0 Å². The highest BCUT2D eigenvalue weighted by Crippen LogP contribution is 2.21. The third-order valence-corrected chi connectivity index (χ3v) is 2.91. The molecule has 102 valence electrons. The first kappa shape index (κ1) is 13.8. The maximum atomic E-state index is 12.1. The minimum absolute atomic E-state index is 0.0416.